The summed E-state index contributed by atoms with van der Waals surface area (Å²) in [6, 6.07) is 11.7. The molecule has 3 rings (SSSR count). The molecule has 0 bridgehead atoms. The smallest absolute Gasteiger partial charge is 0.242 e. The van der Waals surface area contributed by atoms with Crippen molar-refractivity contribution < 1.29 is 14.4 Å². The maximum Gasteiger partial charge on any atom is 0.242 e. The Balaban J connectivity index is 1.72. The maximum atomic E-state index is 12.4. The second-order valence-corrected chi connectivity index (χ2v) is 5.88. The van der Waals surface area contributed by atoms with E-state index in [1.54, 1.807) is 9.75 Å². The summed E-state index contributed by atoms with van der Waals surface area (Å²) in [6.45, 7) is 4.43. The second kappa shape index (κ2) is 8.75. The van der Waals surface area contributed by atoms with Crippen LogP contribution in [0.15, 0.2) is 36.4 Å². The highest BCUT2D eigenvalue weighted by Gasteiger charge is 2.17. The molecule has 0 spiro atoms. The number of anilines is 1. The highest BCUT2D eigenvalue weighted by molar-refractivity contribution is 5.91. The number of aromatic nitrogens is 2. The van der Waals surface area contributed by atoms with E-state index in [2.05, 4.69) is 17.3 Å². The molecule has 0 unspecified atom stereocenters. The van der Waals surface area contributed by atoms with Gasteiger partial charge in [0.1, 0.15) is 12.4 Å². The fourth-order valence-electron chi connectivity index (χ4n) is 2.69. The maximum absolute atomic E-state index is 12.4. The van der Waals surface area contributed by atoms with Gasteiger partial charge in [0.25, 0.3) is 0 Å². The molecule has 2 aromatic rings. The van der Waals surface area contributed by atoms with Crippen LogP contribution in [0, 0.1) is 0 Å². The summed E-state index contributed by atoms with van der Waals surface area (Å²) in [7, 11) is 0. The van der Waals surface area contributed by atoms with Gasteiger partial charge in [-0.05, 0) is 18.6 Å². The lowest BCUT2D eigenvalue weighted by molar-refractivity contribution is -0.157. The molecule has 0 aliphatic carbocycles. The summed E-state index contributed by atoms with van der Waals surface area (Å²) in [5.41, 5.74) is 1.88. The van der Waals surface area contributed by atoms with E-state index in [1.807, 2.05) is 36.4 Å². The highest BCUT2D eigenvalue weighted by Crippen LogP contribution is 2.18. The Hall–Kier alpha value is -2.22. The number of nitrogens with zero attached hydrogens (tertiary/aromatic N) is 3. The molecular weight excluding hydrogens is 320 g/mol. The molecule has 1 aromatic carbocycles. The number of benzene rings is 1. The van der Waals surface area contributed by atoms with Crippen molar-refractivity contribution in [3.05, 3.63) is 42.1 Å². The average Bonchev–Trinajstić information content (AvgIpc) is 2.83. The largest absolute Gasteiger partial charge is 0.378 e. The summed E-state index contributed by atoms with van der Waals surface area (Å²) in [5.74, 6) is 0.535. The normalized spacial score (nSPS) is 15.7. The summed E-state index contributed by atoms with van der Waals surface area (Å²) >= 11 is 0. The first kappa shape index (κ1) is 17.6. The van der Waals surface area contributed by atoms with Gasteiger partial charge < -0.3 is 10.1 Å². The van der Waals surface area contributed by atoms with Crippen molar-refractivity contribution in [1.29, 1.82) is 0 Å². The number of hydroxylamine groups is 2. The lowest BCUT2D eigenvalue weighted by atomic mass is 10.2. The number of carbonyl (C=O) groups excluding carboxylic acids is 1. The molecule has 25 heavy (non-hydrogen) atoms. The van der Waals surface area contributed by atoms with Crippen molar-refractivity contribution in [3.63, 3.8) is 0 Å². The fourth-order valence-corrected chi connectivity index (χ4v) is 2.69. The van der Waals surface area contributed by atoms with Crippen molar-refractivity contribution in [1.82, 2.24) is 14.8 Å². The van der Waals surface area contributed by atoms with Crippen LogP contribution < -0.4 is 5.32 Å². The molecule has 1 aromatic heterocycles. The Morgan fingerprint density at radius 2 is 2.08 bits per heavy atom. The van der Waals surface area contributed by atoms with Gasteiger partial charge in [-0.1, -0.05) is 31.5 Å². The van der Waals surface area contributed by atoms with Gasteiger partial charge >= 0.3 is 0 Å². The van der Waals surface area contributed by atoms with Gasteiger partial charge in [0.2, 0.25) is 5.91 Å². The lowest BCUT2D eigenvalue weighted by Gasteiger charge is -2.18. The Kier molecular flexibility index (Phi) is 6.16. The quantitative estimate of drug-likeness (QED) is 0.868. The van der Waals surface area contributed by atoms with Crippen LogP contribution in [0.2, 0.25) is 0 Å². The summed E-state index contributed by atoms with van der Waals surface area (Å²) in [6.07, 6.45) is 1.87. The van der Waals surface area contributed by atoms with E-state index >= 15 is 0 Å². The van der Waals surface area contributed by atoms with Crippen molar-refractivity contribution in [3.8, 4) is 5.69 Å². The minimum atomic E-state index is -0.137. The number of para-hydroxylation sites is 1. The number of carbonyl (C=O) groups is 1. The van der Waals surface area contributed by atoms with E-state index in [1.165, 1.54) is 0 Å². The third-order valence-corrected chi connectivity index (χ3v) is 3.84. The van der Waals surface area contributed by atoms with E-state index in [9.17, 15) is 4.79 Å². The number of ether oxygens (including phenoxy) is 1. The summed E-state index contributed by atoms with van der Waals surface area (Å²) < 4.78 is 7.09. The first-order valence-corrected chi connectivity index (χ1v) is 8.66. The fraction of sp³-hybridized carbons (Fsp3) is 0.444. The Bertz CT molecular complexity index is 679. The van der Waals surface area contributed by atoms with Gasteiger partial charge in [0.05, 0.1) is 31.2 Å². The van der Waals surface area contributed by atoms with E-state index in [0.29, 0.717) is 32.2 Å². The third-order valence-electron chi connectivity index (χ3n) is 3.84. The number of hydrogen-bond acceptors (Lipinski definition) is 5. The van der Waals surface area contributed by atoms with E-state index in [4.69, 9.17) is 9.57 Å². The molecule has 1 aliphatic rings. The van der Waals surface area contributed by atoms with Crippen LogP contribution in [0.4, 0.5) is 5.82 Å². The highest BCUT2D eigenvalue weighted by atomic mass is 16.7. The molecule has 0 radical (unpaired) electrons. The van der Waals surface area contributed by atoms with Crippen LogP contribution >= 0.6 is 0 Å². The monoisotopic (exact) mass is 344 g/mol. The van der Waals surface area contributed by atoms with Gasteiger partial charge in [-0.3, -0.25) is 9.63 Å². The molecule has 0 saturated carbocycles. The molecule has 1 amide bonds. The number of amides is 1. The predicted molar refractivity (Wildman–Crippen MR) is 94.5 cm³/mol. The van der Waals surface area contributed by atoms with Gasteiger partial charge in [-0.25, -0.2) is 4.68 Å². The van der Waals surface area contributed by atoms with Crippen LogP contribution in [-0.2, 0) is 20.8 Å². The molecular formula is C18H24N4O3. The summed E-state index contributed by atoms with van der Waals surface area (Å²) in [4.78, 5) is 17.9. The number of rotatable bonds is 6. The lowest BCUT2D eigenvalue weighted by Crippen LogP contribution is -2.34. The topological polar surface area (TPSA) is 68.6 Å². The van der Waals surface area contributed by atoms with Crippen molar-refractivity contribution in [2.75, 3.05) is 38.2 Å². The van der Waals surface area contributed by atoms with Gasteiger partial charge in [0.15, 0.2) is 0 Å². The number of hydrogen-bond donors (Lipinski definition) is 1. The van der Waals surface area contributed by atoms with Crippen LogP contribution in [0.1, 0.15) is 19.0 Å². The molecule has 0 atom stereocenters. The Morgan fingerprint density at radius 3 is 2.88 bits per heavy atom. The van der Waals surface area contributed by atoms with Gasteiger partial charge in [0, 0.05) is 12.6 Å². The van der Waals surface area contributed by atoms with E-state index < -0.39 is 0 Å². The zero-order valence-electron chi connectivity index (χ0n) is 14.5. The predicted octanol–water partition coefficient (Wildman–Crippen LogP) is 2.03. The molecule has 134 valence electrons. The van der Waals surface area contributed by atoms with Crippen molar-refractivity contribution in [2.45, 2.75) is 19.8 Å². The van der Waals surface area contributed by atoms with Crippen LogP contribution in [-0.4, -0.2) is 53.7 Å². The SMILES string of the molecule is CCCc1cc(NC(=O)CN2CCOCCO2)n(-c2ccccc2)n1. The molecule has 7 heteroatoms. The zero-order valence-corrected chi connectivity index (χ0v) is 14.5. The van der Waals surface area contributed by atoms with Crippen LogP contribution in [0.25, 0.3) is 5.69 Å². The molecule has 1 fully saturated rings. The Morgan fingerprint density at radius 1 is 1.24 bits per heavy atom. The number of aryl methyl sites for hydroxylation is 1. The van der Waals surface area contributed by atoms with E-state index in [0.717, 1.165) is 24.2 Å². The summed E-state index contributed by atoms with van der Waals surface area (Å²) in [5, 5.41) is 9.21. The van der Waals surface area contributed by atoms with Crippen molar-refractivity contribution >= 4 is 11.7 Å². The number of nitrogens with one attached hydrogen (secondary N) is 1. The van der Waals surface area contributed by atoms with E-state index in [-0.39, 0.29) is 12.5 Å². The second-order valence-electron chi connectivity index (χ2n) is 5.88. The molecule has 2 heterocycles. The van der Waals surface area contributed by atoms with Gasteiger partial charge in [-0.2, -0.15) is 10.2 Å². The zero-order chi connectivity index (χ0) is 17.5. The molecule has 7 nitrogen and oxygen atoms in total. The first-order valence-electron chi connectivity index (χ1n) is 8.66. The minimum absolute atomic E-state index is 0.137. The molecule has 1 saturated heterocycles. The molecule has 1 aliphatic heterocycles. The minimum Gasteiger partial charge on any atom is -0.378 e. The third kappa shape index (κ3) is 4.88. The first-order chi connectivity index (χ1) is 12.3. The van der Waals surface area contributed by atoms with Crippen molar-refractivity contribution in [2.24, 2.45) is 0 Å². The van der Waals surface area contributed by atoms with Crippen LogP contribution in [0.5, 0.6) is 0 Å². The Labute approximate surface area is 147 Å². The van der Waals surface area contributed by atoms with Crippen LogP contribution in [0.3, 0.4) is 0 Å². The average molecular weight is 344 g/mol. The van der Waals surface area contributed by atoms with Gasteiger partial charge in [-0.15, -0.1) is 0 Å². The standard InChI is InChI=1S/C18H24N4O3/c1-2-6-15-13-17(22(20-15)16-7-4-3-5-8-16)19-18(23)14-21-9-10-24-11-12-25-21/h3-5,7-8,13H,2,6,9-12,14H2,1H3,(H,19,23). The molecule has 1 N–H and O–H groups in total.